The van der Waals surface area contributed by atoms with Crippen LogP contribution in [0.15, 0.2) is 47.5 Å². The third-order valence-electron chi connectivity index (χ3n) is 3.33. The van der Waals surface area contributed by atoms with E-state index in [1.807, 2.05) is 36.4 Å². The number of guanidine groups is 1. The Balaban J connectivity index is 0.00000288. The molecule has 2 aromatic rings. The van der Waals surface area contributed by atoms with Crippen molar-refractivity contribution in [1.82, 2.24) is 0 Å². The molecule has 0 saturated carbocycles. The number of nitrogens with zero attached hydrogens (tertiary/aromatic N) is 1. The van der Waals surface area contributed by atoms with Gasteiger partial charge in [-0.15, -0.1) is 24.0 Å². The van der Waals surface area contributed by atoms with Crippen molar-refractivity contribution in [2.45, 2.75) is 6.42 Å². The van der Waals surface area contributed by atoms with Gasteiger partial charge in [0.1, 0.15) is 5.75 Å². The van der Waals surface area contributed by atoms with Gasteiger partial charge in [-0.25, -0.2) is 0 Å². The molecule has 2 rings (SSSR count). The number of anilines is 1. The smallest absolute Gasteiger partial charge is 0.193 e. The minimum atomic E-state index is 0. The standard InChI is InChI=1S/C17H21N3O3.HI/c1-22-14-8-6-13(7-9-14)20-17(18)19-11-10-12-4-3-5-15(23-2)16(12)21;/h3-9,21H,10-11H2,1-2H3,(H3,18,19,20);1H. The summed E-state index contributed by atoms with van der Waals surface area (Å²) in [6.07, 6.45) is 0.564. The Labute approximate surface area is 158 Å². The van der Waals surface area contributed by atoms with Crippen molar-refractivity contribution >= 4 is 35.6 Å². The van der Waals surface area contributed by atoms with Gasteiger partial charge in [-0.05, 0) is 42.3 Å². The van der Waals surface area contributed by atoms with E-state index < -0.39 is 0 Å². The van der Waals surface area contributed by atoms with Crippen LogP contribution >= 0.6 is 24.0 Å². The zero-order valence-corrected chi connectivity index (χ0v) is 16.0. The van der Waals surface area contributed by atoms with Crippen LogP contribution in [-0.2, 0) is 6.42 Å². The van der Waals surface area contributed by atoms with Crippen LogP contribution in [0.1, 0.15) is 5.56 Å². The Morgan fingerprint density at radius 2 is 1.83 bits per heavy atom. The van der Waals surface area contributed by atoms with Gasteiger partial charge in [0.05, 0.1) is 14.2 Å². The van der Waals surface area contributed by atoms with Gasteiger partial charge in [0.2, 0.25) is 0 Å². The van der Waals surface area contributed by atoms with Gasteiger partial charge in [0.25, 0.3) is 0 Å². The summed E-state index contributed by atoms with van der Waals surface area (Å²) < 4.78 is 10.2. The third-order valence-corrected chi connectivity index (χ3v) is 3.33. The summed E-state index contributed by atoms with van der Waals surface area (Å²) >= 11 is 0. The average Bonchev–Trinajstić information content (AvgIpc) is 2.57. The van der Waals surface area contributed by atoms with Gasteiger partial charge in [0.15, 0.2) is 17.5 Å². The fourth-order valence-corrected chi connectivity index (χ4v) is 2.09. The van der Waals surface area contributed by atoms with E-state index >= 15 is 0 Å². The summed E-state index contributed by atoms with van der Waals surface area (Å²) in [4.78, 5) is 4.25. The lowest BCUT2D eigenvalue weighted by molar-refractivity contribution is 0.370. The Hall–Kier alpha value is -2.16. The highest BCUT2D eigenvalue weighted by Crippen LogP contribution is 2.29. The summed E-state index contributed by atoms with van der Waals surface area (Å²) in [5.74, 6) is 1.69. The zero-order valence-electron chi connectivity index (χ0n) is 13.7. The molecule has 4 N–H and O–H groups in total. The SMILES string of the molecule is COc1ccc(NC(N)=NCCc2cccc(OC)c2O)cc1.I. The Morgan fingerprint density at radius 1 is 1.12 bits per heavy atom. The number of ether oxygens (including phenoxy) is 2. The van der Waals surface area contributed by atoms with Gasteiger partial charge in [0, 0.05) is 12.2 Å². The lowest BCUT2D eigenvalue weighted by Crippen LogP contribution is -2.23. The second-order valence-corrected chi connectivity index (χ2v) is 4.84. The summed E-state index contributed by atoms with van der Waals surface area (Å²) in [6, 6.07) is 12.8. The molecular weight excluding hydrogens is 421 g/mol. The van der Waals surface area contributed by atoms with E-state index in [9.17, 15) is 5.11 Å². The second kappa shape index (κ2) is 9.86. The molecule has 0 aromatic heterocycles. The Morgan fingerprint density at radius 3 is 2.46 bits per heavy atom. The highest BCUT2D eigenvalue weighted by atomic mass is 127. The van der Waals surface area contributed by atoms with Gasteiger partial charge < -0.3 is 25.6 Å². The second-order valence-electron chi connectivity index (χ2n) is 4.84. The van der Waals surface area contributed by atoms with Crippen LogP contribution in [0, 0.1) is 0 Å². The van der Waals surface area contributed by atoms with E-state index in [4.69, 9.17) is 15.2 Å². The molecule has 0 unspecified atom stereocenters. The lowest BCUT2D eigenvalue weighted by Gasteiger charge is -2.08. The minimum absolute atomic E-state index is 0. The van der Waals surface area contributed by atoms with Gasteiger partial charge in [-0.3, -0.25) is 4.99 Å². The Bertz CT molecular complexity index is 675. The predicted molar refractivity (Wildman–Crippen MR) is 107 cm³/mol. The number of phenols is 1. The monoisotopic (exact) mass is 443 g/mol. The third kappa shape index (κ3) is 5.48. The van der Waals surface area contributed by atoms with Crippen LogP contribution in [-0.4, -0.2) is 31.8 Å². The van der Waals surface area contributed by atoms with E-state index in [0.717, 1.165) is 17.0 Å². The summed E-state index contributed by atoms with van der Waals surface area (Å²) in [5.41, 5.74) is 7.45. The Kier molecular flexibility index (Phi) is 8.17. The number of benzene rings is 2. The van der Waals surface area contributed by atoms with Crippen molar-refractivity contribution in [3.8, 4) is 17.2 Å². The number of phenolic OH excluding ortho intramolecular Hbond substituents is 1. The first kappa shape index (κ1) is 19.9. The predicted octanol–water partition coefficient (Wildman–Crippen LogP) is 3.00. The lowest BCUT2D eigenvalue weighted by atomic mass is 10.1. The van der Waals surface area contributed by atoms with Crippen LogP contribution in [0.25, 0.3) is 0 Å². The normalized spacial score (nSPS) is 10.7. The quantitative estimate of drug-likeness (QED) is 0.363. The topological polar surface area (TPSA) is 89.1 Å². The molecule has 0 aliphatic rings. The maximum absolute atomic E-state index is 10.0. The number of aliphatic imine (C=N–C) groups is 1. The van der Waals surface area contributed by atoms with Gasteiger partial charge >= 0.3 is 0 Å². The van der Waals surface area contributed by atoms with Crippen molar-refractivity contribution in [2.24, 2.45) is 10.7 Å². The molecule has 0 spiro atoms. The molecule has 0 heterocycles. The number of nitrogens with two attached hydrogens (primary N) is 1. The maximum Gasteiger partial charge on any atom is 0.193 e. The van der Waals surface area contributed by atoms with Gasteiger partial charge in [-0.1, -0.05) is 12.1 Å². The van der Waals surface area contributed by atoms with Crippen LogP contribution in [0.4, 0.5) is 5.69 Å². The highest BCUT2D eigenvalue weighted by Gasteiger charge is 2.06. The van der Waals surface area contributed by atoms with Crippen molar-refractivity contribution in [2.75, 3.05) is 26.1 Å². The molecule has 24 heavy (non-hydrogen) atoms. The molecule has 0 saturated heterocycles. The molecule has 0 amide bonds. The van der Waals surface area contributed by atoms with Gasteiger partial charge in [-0.2, -0.15) is 0 Å². The summed E-state index contributed by atoms with van der Waals surface area (Å²) in [7, 11) is 3.14. The van der Waals surface area contributed by atoms with Crippen molar-refractivity contribution < 1.29 is 14.6 Å². The number of nitrogens with one attached hydrogen (secondary N) is 1. The molecular formula is C17H22IN3O3. The molecule has 0 atom stereocenters. The molecule has 0 aliphatic heterocycles. The van der Waals surface area contributed by atoms with Crippen molar-refractivity contribution in [1.29, 1.82) is 0 Å². The zero-order chi connectivity index (χ0) is 16.7. The van der Waals surface area contributed by atoms with E-state index in [1.54, 1.807) is 13.2 Å². The molecule has 7 heteroatoms. The number of aromatic hydroxyl groups is 1. The fourth-order valence-electron chi connectivity index (χ4n) is 2.09. The van der Waals surface area contributed by atoms with E-state index in [-0.39, 0.29) is 29.7 Å². The summed E-state index contributed by atoms with van der Waals surface area (Å²) in [5, 5.41) is 13.0. The number of methoxy groups -OCH3 is 2. The van der Waals surface area contributed by atoms with Crippen LogP contribution in [0.3, 0.4) is 0 Å². The number of halogens is 1. The number of rotatable bonds is 6. The maximum atomic E-state index is 10.0. The number of hydrogen-bond acceptors (Lipinski definition) is 4. The molecule has 130 valence electrons. The van der Waals surface area contributed by atoms with Crippen LogP contribution in [0.5, 0.6) is 17.2 Å². The minimum Gasteiger partial charge on any atom is -0.504 e. The molecule has 0 radical (unpaired) electrons. The molecule has 0 aliphatic carbocycles. The fraction of sp³-hybridized carbons (Fsp3) is 0.235. The average molecular weight is 443 g/mol. The molecule has 2 aromatic carbocycles. The number of para-hydroxylation sites is 1. The first-order valence-electron chi connectivity index (χ1n) is 7.20. The first-order valence-corrected chi connectivity index (χ1v) is 7.20. The highest BCUT2D eigenvalue weighted by molar-refractivity contribution is 14.0. The summed E-state index contributed by atoms with van der Waals surface area (Å²) in [6.45, 7) is 0.454. The van der Waals surface area contributed by atoms with Crippen molar-refractivity contribution in [3.05, 3.63) is 48.0 Å². The molecule has 0 bridgehead atoms. The van der Waals surface area contributed by atoms with E-state index in [1.165, 1.54) is 7.11 Å². The van der Waals surface area contributed by atoms with Crippen LogP contribution < -0.4 is 20.5 Å². The largest absolute Gasteiger partial charge is 0.504 e. The first-order chi connectivity index (χ1) is 11.1. The van der Waals surface area contributed by atoms with Crippen molar-refractivity contribution in [3.63, 3.8) is 0 Å². The molecule has 6 nitrogen and oxygen atoms in total. The van der Waals surface area contributed by atoms with E-state index in [0.29, 0.717) is 24.7 Å². The van der Waals surface area contributed by atoms with E-state index in [2.05, 4.69) is 10.3 Å². The number of hydrogen-bond donors (Lipinski definition) is 3. The van der Waals surface area contributed by atoms with Crippen LogP contribution in [0.2, 0.25) is 0 Å². The molecule has 0 fully saturated rings.